The maximum absolute atomic E-state index is 12.6. The van der Waals surface area contributed by atoms with Crippen molar-refractivity contribution in [2.45, 2.75) is 27.2 Å². The number of carbonyl (C=O) groups excluding carboxylic acids is 3. The van der Waals surface area contributed by atoms with Gasteiger partial charge in [-0.3, -0.25) is 19.3 Å². The van der Waals surface area contributed by atoms with Crippen molar-refractivity contribution in [2.75, 3.05) is 30.0 Å². The van der Waals surface area contributed by atoms with Crippen molar-refractivity contribution in [3.63, 3.8) is 0 Å². The molecule has 1 aliphatic heterocycles. The number of fused-ring (bicyclic) bond motifs is 1. The highest BCUT2D eigenvalue weighted by molar-refractivity contribution is 6.06. The highest BCUT2D eigenvalue weighted by Gasteiger charge is 2.28. The van der Waals surface area contributed by atoms with Crippen LogP contribution in [0.1, 0.15) is 37.6 Å². The van der Waals surface area contributed by atoms with Crippen LogP contribution in [0.15, 0.2) is 42.5 Å². The molecule has 0 fully saturated rings. The predicted octanol–water partition coefficient (Wildman–Crippen LogP) is 3.68. The molecule has 0 spiro atoms. The molecule has 0 aliphatic carbocycles. The summed E-state index contributed by atoms with van der Waals surface area (Å²) in [6.07, 6.45) is 0.352. The van der Waals surface area contributed by atoms with Gasteiger partial charge in [0.2, 0.25) is 5.91 Å². The number of hydrogen-bond acceptors (Lipinski definition) is 5. The van der Waals surface area contributed by atoms with E-state index >= 15 is 0 Å². The zero-order chi connectivity index (χ0) is 21.7. The number of nitrogens with zero attached hydrogens (tertiary/aromatic N) is 1. The Morgan fingerprint density at radius 3 is 2.57 bits per heavy atom. The van der Waals surface area contributed by atoms with Crippen molar-refractivity contribution in [1.82, 2.24) is 0 Å². The number of hydrogen-bond donors (Lipinski definition) is 1. The minimum Gasteiger partial charge on any atom is -0.493 e. The van der Waals surface area contributed by atoms with Crippen molar-refractivity contribution in [3.8, 4) is 11.5 Å². The third kappa shape index (κ3) is 5.17. The Morgan fingerprint density at radius 2 is 1.90 bits per heavy atom. The first-order valence-electron chi connectivity index (χ1n) is 10.0. The normalized spacial score (nSPS) is 12.9. The van der Waals surface area contributed by atoms with E-state index in [4.69, 9.17) is 9.47 Å². The van der Waals surface area contributed by atoms with Crippen LogP contribution in [-0.4, -0.2) is 37.4 Å². The number of carbonyl (C=O) groups is 3. The summed E-state index contributed by atoms with van der Waals surface area (Å²) in [5.41, 5.74) is 1.52. The summed E-state index contributed by atoms with van der Waals surface area (Å²) in [7, 11) is 0. The lowest BCUT2D eigenvalue weighted by Gasteiger charge is -2.29. The highest BCUT2D eigenvalue weighted by atomic mass is 16.5. The number of ketones is 1. The van der Waals surface area contributed by atoms with Crippen LogP contribution in [0.25, 0.3) is 0 Å². The van der Waals surface area contributed by atoms with Gasteiger partial charge in [0.1, 0.15) is 18.0 Å². The van der Waals surface area contributed by atoms with Crippen LogP contribution >= 0.6 is 0 Å². The van der Waals surface area contributed by atoms with Crippen LogP contribution in [0.4, 0.5) is 11.4 Å². The molecule has 2 aromatic rings. The molecule has 30 heavy (non-hydrogen) atoms. The molecule has 2 aromatic carbocycles. The smallest absolute Gasteiger partial charge is 0.265 e. The standard InChI is InChI=1S/C23H26N2O5/c1-4-20(26)16-5-10-21-19(11-16)25(23(28)14-30-21)12-22(27)24-17-6-8-18(9-7-17)29-13-15(2)3/h5-11,15H,4,12-14H2,1-3H3,(H,24,27). The summed E-state index contributed by atoms with van der Waals surface area (Å²) in [6.45, 7) is 6.20. The van der Waals surface area contributed by atoms with Gasteiger partial charge in [-0.2, -0.15) is 0 Å². The Hall–Kier alpha value is -3.35. The zero-order valence-electron chi connectivity index (χ0n) is 17.4. The summed E-state index contributed by atoms with van der Waals surface area (Å²) in [5.74, 6) is 0.899. The highest BCUT2D eigenvalue weighted by Crippen LogP contribution is 2.33. The fourth-order valence-corrected chi connectivity index (χ4v) is 2.99. The van der Waals surface area contributed by atoms with Crippen LogP contribution in [0, 0.1) is 5.92 Å². The van der Waals surface area contributed by atoms with E-state index in [0.717, 1.165) is 5.75 Å². The van der Waals surface area contributed by atoms with E-state index in [1.165, 1.54) is 4.90 Å². The number of nitrogens with one attached hydrogen (secondary N) is 1. The number of ether oxygens (including phenoxy) is 2. The van der Waals surface area contributed by atoms with Gasteiger partial charge in [0.25, 0.3) is 5.91 Å². The Kier molecular flexibility index (Phi) is 6.72. The summed E-state index contributed by atoms with van der Waals surface area (Å²) >= 11 is 0. The minimum absolute atomic E-state index is 0.0417. The molecule has 1 heterocycles. The Labute approximate surface area is 176 Å². The molecular formula is C23H26N2O5. The molecule has 1 aliphatic rings. The number of amides is 2. The summed E-state index contributed by atoms with van der Waals surface area (Å²) < 4.78 is 11.1. The van der Waals surface area contributed by atoms with Gasteiger partial charge in [-0.25, -0.2) is 0 Å². The topological polar surface area (TPSA) is 84.9 Å². The van der Waals surface area contributed by atoms with Crippen molar-refractivity contribution in [3.05, 3.63) is 48.0 Å². The first kappa shape index (κ1) is 21.4. The summed E-state index contributed by atoms with van der Waals surface area (Å²) in [4.78, 5) is 38.3. The average molecular weight is 410 g/mol. The molecule has 0 saturated heterocycles. The molecule has 0 bridgehead atoms. The summed E-state index contributed by atoms with van der Waals surface area (Å²) in [6, 6.07) is 12.0. The van der Waals surface area contributed by atoms with E-state index in [2.05, 4.69) is 19.2 Å². The van der Waals surface area contributed by atoms with Crippen LogP contribution in [0.2, 0.25) is 0 Å². The van der Waals surface area contributed by atoms with E-state index in [1.807, 2.05) is 0 Å². The molecule has 0 unspecified atom stereocenters. The zero-order valence-corrected chi connectivity index (χ0v) is 17.4. The Balaban J connectivity index is 1.69. The lowest BCUT2D eigenvalue weighted by atomic mass is 10.1. The molecule has 0 radical (unpaired) electrons. The van der Waals surface area contributed by atoms with Crippen molar-refractivity contribution < 1.29 is 23.9 Å². The molecule has 7 heteroatoms. The van der Waals surface area contributed by atoms with Crippen LogP contribution in [0.5, 0.6) is 11.5 Å². The van der Waals surface area contributed by atoms with Crippen LogP contribution in [0.3, 0.4) is 0 Å². The van der Waals surface area contributed by atoms with E-state index in [9.17, 15) is 14.4 Å². The fourth-order valence-electron chi connectivity index (χ4n) is 2.99. The predicted molar refractivity (Wildman–Crippen MR) is 114 cm³/mol. The Morgan fingerprint density at radius 1 is 1.17 bits per heavy atom. The quantitative estimate of drug-likeness (QED) is 0.671. The molecule has 158 valence electrons. The molecular weight excluding hydrogens is 384 g/mol. The monoisotopic (exact) mass is 410 g/mol. The average Bonchev–Trinajstić information content (AvgIpc) is 2.74. The third-order valence-corrected chi connectivity index (χ3v) is 4.57. The molecule has 0 aromatic heterocycles. The van der Waals surface area contributed by atoms with Crippen LogP contribution in [-0.2, 0) is 9.59 Å². The Bertz CT molecular complexity index is 937. The summed E-state index contributed by atoms with van der Waals surface area (Å²) in [5, 5.41) is 2.79. The van der Waals surface area contributed by atoms with E-state index in [1.54, 1.807) is 49.4 Å². The minimum atomic E-state index is -0.348. The lowest BCUT2D eigenvalue weighted by molar-refractivity contribution is -0.123. The largest absolute Gasteiger partial charge is 0.493 e. The number of anilines is 2. The van der Waals surface area contributed by atoms with Gasteiger partial charge in [0, 0.05) is 17.7 Å². The van der Waals surface area contributed by atoms with Gasteiger partial charge in [-0.15, -0.1) is 0 Å². The van der Waals surface area contributed by atoms with E-state index < -0.39 is 0 Å². The number of Topliss-reactive ketones (excluding diaryl/α,β-unsaturated/α-hetero) is 1. The van der Waals surface area contributed by atoms with Gasteiger partial charge < -0.3 is 14.8 Å². The SMILES string of the molecule is CCC(=O)c1ccc2c(c1)N(CC(=O)Nc1ccc(OCC(C)C)cc1)C(=O)CO2. The third-order valence-electron chi connectivity index (χ3n) is 4.57. The first-order valence-corrected chi connectivity index (χ1v) is 10.0. The number of benzene rings is 2. The van der Waals surface area contributed by atoms with Crippen molar-refractivity contribution in [1.29, 1.82) is 0 Å². The number of rotatable bonds is 8. The van der Waals surface area contributed by atoms with Gasteiger partial charge >= 0.3 is 0 Å². The second-order valence-corrected chi connectivity index (χ2v) is 7.51. The second kappa shape index (κ2) is 9.43. The molecule has 0 atom stereocenters. The van der Waals surface area contributed by atoms with Gasteiger partial charge in [-0.05, 0) is 48.4 Å². The van der Waals surface area contributed by atoms with Crippen LogP contribution < -0.4 is 19.7 Å². The van der Waals surface area contributed by atoms with E-state index in [-0.39, 0.29) is 30.7 Å². The van der Waals surface area contributed by atoms with Crippen molar-refractivity contribution in [2.24, 2.45) is 5.92 Å². The van der Waals surface area contributed by atoms with Gasteiger partial charge in [0.05, 0.1) is 12.3 Å². The first-order chi connectivity index (χ1) is 14.4. The van der Waals surface area contributed by atoms with E-state index in [0.29, 0.717) is 41.6 Å². The fraction of sp³-hybridized carbons (Fsp3) is 0.348. The maximum atomic E-state index is 12.6. The van der Waals surface area contributed by atoms with Gasteiger partial charge in [0.15, 0.2) is 12.4 Å². The lowest BCUT2D eigenvalue weighted by Crippen LogP contribution is -2.43. The second-order valence-electron chi connectivity index (χ2n) is 7.51. The molecule has 3 rings (SSSR count). The molecule has 1 N–H and O–H groups in total. The molecule has 7 nitrogen and oxygen atoms in total. The molecule has 0 saturated carbocycles. The van der Waals surface area contributed by atoms with Crippen molar-refractivity contribution >= 4 is 29.0 Å². The maximum Gasteiger partial charge on any atom is 0.265 e. The molecule has 2 amide bonds. The van der Waals surface area contributed by atoms with Gasteiger partial charge in [-0.1, -0.05) is 20.8 Å².